The number of halogens is 1. The van der Waals surface area contributed by atoms with Crippen molar-refractivity contribution in [2.75, 3.05) is 36.4 Å². The smallest absolute Gasteiger partial charge is 0.321 e. The van der Waals surface area contributed by atoms with Crippen LogP contribution in [0.5, 0.6) is 0 Å². The molecular formula is C30H28FN7O2. The van der Waals surface area contributed by atoms with E-state index in [0.29, 0.717) is 67.5 Å². The van der Waals surface area contributed by atoms with Gasteiger partial charge in [-0.15, -0.1) is 0 Å². The summed E-state index contributed by atoms with van der Waals surface area (Å²) in [6, 6.07) is 17.9. The summed E-state index contributed by atoms with van der Waals surface area (Å²) in [6.45, 7) is 4.21. The number of carbonyl (C=O) groups excluding carboxylic acids is 1. The highest BCUT2D eigenvalue weighted by Crippen LogP contribution is 2.34. The van der Waals surface area contributed by atoms with Crippen LogP contribution in [0.3, 0.4) is 0 Å². The van der Waals surface area contributed by atoms with Crippen LogP contribution in [0.25, 0.3) is 22.4 Å². The summed E-state index contributed by atoms with van der Waals surface area (Å²) in [4.78, 5) is 30.8. The highest BCUT2D eigenvalue weighted by molar-refractivity contribution is 5.98. The fourth-order valence-electron chi connectivity index (χ4n) is 4.87. The third-order valence-electron chi connectivity index (χ3n) is 6.98. The molecule has 40 heavy (non-hydrogen) atoms. The Kier molecular flexibility index (Phi) is 7.05. The third-order valence-corrected chi connectivity index (χ3v) is 6.98. The predicted octanol–water partition coefficient (Wildman–Crippen LogP) is 5.46. The summed E-state index contributed by atoms with van der Waals surface area (Å²) in [7, 11) is 0. The number of aryl methyl sites for hydroxylation is 1. The number of carbonyl (C=O) groups is 1. The summed E-state index contributed by atoms with van der Waals surface area (Å²) in [6.07, 6.45) is 4.69. The number of pyridine rings is 1. The number of nitrogens with one attached hydrogen (secondary N) is 1. The molecule has 4 heterocycles. The van der Waals surface area contributed by atoms with Gasteiger partial charge in [-0.3, -0.25) is 4.98 Å². The van der Waals surface area contributed by atoms with Crippen molar-refractivity contribution in [3.8, 4) is 11.3 Å². The lowest BCUT2D eigenvalue weighted by Crippen LogP contribution is -2.38. The first-order valence-corrected chi connectivity index (χ1v) is 13.2. The predicted molar refractivity (Wildman–Crippen MR) is 151 cm³/mol. The second-order valence-electron chi connectivity index (χ2n) is 9.82. The van der Waals surface area contributed by atoms with E-state index in [0.717, 1.165) is 11.1 Å². The van der Waals surface area contributed by atoms with E-state index in [9.17, 15) is 9.18 Å². The molecule has 0 radical (unpaired) electrons. The van der Waals surface area contributed by atoms with Gasteiger partial charge in [-0.05, 0) is 43.2 Å². The molecule has 1 aliphatic rings. The molecule has 1 saturated heterocycles. The van der Waals surface area contributed by atoms with Gasteiger partial charge in [0.15, 0.2) is 0 Å². The van der Waals surface area contributed by atoms with Gasteiger partial charge < -0.3 is 19.6 Å². The van der Waals surface area contributed by atoms with E-state index in [2.05, 4.69) is 51.5 Å². The van der Waals surface area contributed by atoms with E-state index in [-0.39, 0.29) is 11.7 Å². The average molecular weight is 538 g/mol. The van der Waals surface area contributed by atoms with Gasteiger partial charge in [-0.25, -0.2) is 14.2 Å². The Hall–Kier alpha value is -4.86. The molecule has 0 bridgehead atoms. The Morgan fingerprint density at radius 3 is 2.65 bits per heavy atom. The largest absolute Gasteiger partial charge is 0.354 e. The molecule has 0 aliphatic carbocycles. The van der Waals surface area contributed by atoms with Gasteiger partial charge >= 0.3 is 6.03 Å². The summed E-state index contributed by atoms with van der Waals surface area (Å²) in [5.74, 6) is 0.870. The second-order valence-corrected chi connectivity index (χ2v) is 9.82. The molecule has 6 rings (SSSR count). The number of hydrogen-bond donors (Lipinski definition) is 1. The number of aromatic nitrogens is 4. The van der Waals surface area contributed by atoms with E-state index in [1.54, 1.807) is 35.5 Å². The monoisotopic (exact) mass is 537 g/mol. The van der Waals surface area contributed by atoms with Crippen LogP contribution in [0, 0.1) is 12.7 Å². The van der Waals surface area contributed by atoms with Crippen molar-refractivity contribution in [3.63, 3.8) is 0 Å². The Morgan fingerprint density at radius 2 is 1.85 bits per heavy atom. The molecule has 2 aromatic carbocycles. The maximum Gasteiger partial charge on any atom is 0.321 e. The third kappa shape index (κ3) is 5.33. The fourth-order valence-corrected chi connectivity index (χ4v) is 4.87. The van der Waals surface area contributed by atoms with Gasteiger partial charge in [0.1, 0.15) is 28.5 Å². The molecule has 5 aromatic rings. The number of rotatable bonds is 5. The fraction of sp³-hybridized carbons (Fsp3) is 0.233. The first-order valence-electron chi connectivity index (χ1n) is 13.2. The average Bonchev–Trinajstić information content (AvgIpc) is 3.24. The Labute approximate surface area is 230 Å². The Morgan fingerprint density at radius 1 is 1.00 bits per heavy atom. The number of nitrogens with zero attached hydrogens (tertiary/aromatic N) is 6. The number of hydrogen-bond acceptors (Lipinski definition) is 7. The molecule has 202 valence electrons. The highest BCUT2D eigenvalue weighted by Gasteiger charge is 2.26. The van der Waals surface area contributed by atoms with Crippen molar-refractivity contribution in [2.24, 2.45) is 0 Å². The van der Waals surface area contributed by atoms with Gasteiger partial charge in [-0.2, -0.15) is 4.98 Å². The minimum atomic E-state index is -0.466. The number of fused-ring (bicyclic) bond motifs is 1. The molecule has 0 saturated carbocycles. The van der Waals surface area contributed by atoms with Crippen LogP contribution in [-0.2, 0) is 6.42 Å². The molecule has 2 amide bonds. The van der Waals surface area contributed by atoms with Gasteiger partial charge in [0.25, 0.3) is 5.71 Å². The summed E-state index contributed by atoms with van der Waals surface area (Å²) in [5.41, 5.74) is 4.28. The molecule has 1 N–H and O–H groups in total. The van der Waals surface area contributed by atoms with Crippen molar-refractivity contribution in [1.82, 2.24) is 25.0 Å². The van der Waals surface area contributed by atoms with Crippen molar-refractivity contribution >= 4 is 28.6 Å². The molecule has 1 fully saturated rings. The number of urea groups is 1. The first-order chi connectivity index (χ1) is 19.5. The van der Waals surface area contributed by atoms with Crippen LogP contribution in [0.2, 0.25) is 0 Å². The van der Waals surface area contributed by atoms with Crippen molar-refractivity contribution in [2.45, 2.75) is 19.8 Å². The normalized spacial score (nSPS) is 13.8. The molecular weight excluding hydrogens is 509 g/mol. The van der Waals surface area contributed by atoms with Crippen molar-refractivity contribution in [3.05, 3.63) is 95.8 Å². The molecule has 10 heteroatoms. The van der Waals surface area contributed by atoms with Crippen LogP contribution < -0.4 is 10.2 Å². The number of para-hydroxylation sites is 1. The Bertz CT molecular complexity index is 1640. The van der Waals surface area contributed by atoms with Crippen LogP contribution in [0.4, 0.5) is 20.7 Å². The van der Waals surface area contributed by atoms with E-state index in [4.69, 9.17) is 14.5 Å². The molecule has 0 spiro atoms. The van der Waals surface area contributed by atoms with E-state index in [1.807, 2.05) is 12.1 Å². The zero-order valence-electron chi connectivity index (χ0n) is 22.0. The minimum Gasteiger partial charge on any atom is -0.354 e. The van der Waals surface area contributed by atoms with Gasteiger partial charge in [0.2, 0.25) is 0 Å². The van der Waals surface area contributed by atoms with E-state index in [1.165, 1.54) is 11.6 Å². The van der Waals surface area contributed by atoms with Crippen molar-refractivity contribution in [1.29, 1.82) is 0 Å². The molecule has 9 nitrogen and oxygen atoms in total. The first kappa shape index (κ1) is 25.4. The maximum atomic E-state index is 14.1. The number of amides is 2. The van der Waals surface area contributed by atoms with Gasteiger partial charge in [0, 0.05) is 50.6 Å². The zero-order chi connectivity index (χ0) is 27.5. The number of benzene rings is 2. The lowest BCUT2D eigenvalue weighted by Gasteiger charge is -2.24. The highest BCUT2D eigenvalue weighted by atomic mass is 19.1. The summed E-state index contributed by atoms with van der Waals surface area (Å²) in [5, 5.41) is 7.76. The molecule has 3 aromatic heterocycles. The standard InChI is InChI=1S/C30H28FN7O2/c1-20-9-11-21(12-10-20)18-25-34-28(26-27(36-40-29(26)35-25)22-6-4-13-32-19-22)37-14-5-15-38(17-16-37)30(39)33-24-8-3-2-7-23(24)31/h2-4,6-13,19H,5,14-18H2,1H3,(H,33,39). The van der Waals surface area contributed by atoms with Crippen LogP contribution in [0.1, 0.15) is 23.4 Å². The van der Waals surface area contributed by atoms with Crippen LogP contribution >= 0.6 is 0 Å². The maximum absolute atomic E-state index is 14.1. The molecule has 1 aliphatic heterocycles. The second kappa shape index (κ2) is 11.1. The van der Waals surface area contributed by atoms with Crippen LogP contribution in [0.15, 0.2) is 77.6 Å². The Balaban J connectivity index is 1.31. The SMILES string of the molecule is Cc1ccc(Cc2nc(N3CCCN(C(=O)Nc4ccccc4F)CC3)c3c(-c4cccnc4)noc3n2)cc1. The van der Waals surface area contributed by atoms with Crippen LogP contribution in [-0.4, -0.2) is 57.2 Å². The summed E-state index contributed by atoms with van der Waals surface area (Å²) < 4.78 is 19.9. The molecule has 0 atom stereocenters. The topological polar surface area (TPSA) is 100 Å². The lowest BCUT2D eigenvalue weighted by atomic mass is 10.1. The van der Waals surface area contributed by atoms with Gasteiger partial charge in [-0.1, -0.05) is 47.1 Å². The van der Waals surface area contributed by atoms with Crippen molar-refractivity contribution < 1.29 is 13.7 Å². The minimum absolute atomic E-state index is 0.164. The quantitative estimate of drug-likeness (QED) is 0.318. The zero-order valence-corrected chi connectivity index (χ0v) is 22.0. The van der Waals surface area contributed by atoms with E-state index >= 15 is 0 Å². The lowest BCUT2D eigenvalue weighted by molar-refractivity contribution is 0.215. The summed E-state index contributed by atoms with van der Waals surface area (Å²) >= 11 is 0. The molecule has 0 unspecified atom stereocenters. The van der Waals surface area contributed by atoms with E-state index < -0.39 is 5.82 Å². The number of anilines is 2. The van der Waals surface area contributed by atoms with Gasteiger partial charge in [0.05, 0.1) is 5.69 Å².